The monoisotopic (exact) mass is 268 g/mol. The zero-order valence-corrected chi connectivity index (χ0v) is 11.7. The minimum absolute atomic E-state index is 0.0206. The van der Waals surface area contributed by atoms with E-state index in [0.717, 1.165) is 25.9 Å². The van der Waals surface area contributed by atoms with E-state index in [1.54, 1.807) is 0 Å². The van der Waals surface area contributed by atoms with Crippen molar-refractivity contribution in [3.8, 4) is 0 Å². The van der Waals surface area contributed by atoms with Crippen LogP contribution in [0, 0.1) is 16.7 Å². The Morgan fingerprint density at radius 3 is 2.79 bits per heavy atom. The third-order valence-corrected chi connectivity index (χ3v) is 5.30. The summed E-state index contributed by atoms with van der Waals surface area (Å²) in [5.74, 6) is 0.466. The molecule has 1 heterocycles. The normalized spacial score (nSPS) is 37.1. The first-order valence-corrected chi connectivity index (χ1v) is 7.25. The van der Waals surface area contributed by atoms with Gasteiger partial charge in [-0.1, -0.05) is 13.8 Å². The summed E-state index contributed by atoms with van der Waals surface area (Å²) >= 11 is 0. The van der Waals surface area contributed by atoms with Gasteiger partial charge in [0.05, 0.1) is 12.7 Å². The number of aliphatic hydroxyl groups excluding tert-OH is 1. The number of aliphatic hydroxyl groups is 1. The Labute approximate surface area is 114 Å². The van der Waals surface area contributed by atoms with Crippen LogP contribution < -0.4 is 10.6 Å². The number of amides is 2. The Bertz CT molecular complexity index is 379. The second-order valence-corrected chi connectivity index (χ2v) is 7.03. The van der Waals surface area contributed by atoms with Crippen LogP contribution in [0.15, 0.2) is 0 Å². The Morgan fingerprint density at radius 1 is 1.42 bits per heavy atom. The maximum Gasteiger partial charge on any atom is 0.315 e. The predicted octanol–water partition coefficient (Wildman–Crippen LogP) is 0.872. The number of fused-ring (bicyclic) bond motifs is 1. The van der Waals surface area contributed by atoms with Gasteiger partial charge in [0.1, 0.15) is 0 Å². The number of carbonyl (C=O) groups is 1. The van der Waals surface area contributed by atoms with Crippen LogP contribution in [-0.4, -0.2) is 43.0 Å². The van der Waals surface area contributed by atoms with Gasteiger partial charge in [0.2, 0.25) is 0 Å². The lowest BCUT2D eigenvalue weighted by Crippen LogP contribution is -2.67. The van der Waals surface area contributed by atoms with Crippen molar-refractivity contribution in [3.63, 3.8) is 0 Å². The largest absolute Gasteiger partial charge is 0.396 e. The lowest BCUT2D eigenvalue weighted by atomic mass is 9.57. The summed E-state index contributed by atoms with van der Waals surface area (Å²) in [7, 11) is 0. The van der Waals surface area contributed by atoms with E-state index in [1.807, 2.05) is 0 Å². The van der Waals surface area contributed by atoms with Gasteiger partial charge in [-0.2, -0.15) is 0 Å². The van der Waals surface area contributed by atoms with Crippen molar-refractivity contribution in [1.29, 1.82) is 0 Å². The fourth-order valence-electron chi connectivity index (χ4n) is 3.64. The van der Waals surface area contributed by atoms with Crippen molar-refractivity contribution in [1.82, 2.24) is 10.6 Å². The van der Waals surface area contributed by atoms with Crippen molar-refractivity contribution in [2.24, 2.45) is 16.7 Å². The summed E-state index contributed by atoms with van der Waals surface area (Å²) in [5.41, 5.74) is -0.0156. The molecule has 1 aliphatic heterocycles. The minimum atomic E-state index is -0.108. The van der Waals surface area contributed by atoms with Crippen molar-refractivity contribution in [2.75, 3.05) is 19.8 Å². The number of carbonyl (C=O) groups excluding carboxylic acids is 1. The molecule has 0 radical (unpaired) electrons. The van der Waals surface area contributed by atoms with Crippen molar-refractivity contribution < 1.29 is 14.6 Å². The van der Waals surface area contributed by atoms with Crippen molar-refractivity contribution in [2.45, 2.75) is 45.3 Å². The molecule has 3 aliphatic rings. The lowest BCUT2D eigenvalue weighted by Gasteiger charge is -2.54. The molecule has 3 atom stereocenters. The molecule has 2 saturated carbocycles. The highest BCUT2D eigenvalue weighted by molar-refractivity contribution is 5.74. The Kier molecular flexibility index (Phi) is 3.02. The molecule has 5 heteroatoms. The van der Waals surface area contributed by atoms with E-state index in [0.29, 0.717) is 18.6 Å². The molecule has 1 saturated heterocycles. The number of nitrogens with one attached hydrogen (secondary N) is 2. The maximum absolute atomic E-state index is 12.0. The second kappa shape index (κ2) is 4.35. The Hall–Kier alpha value is -0.810. The highest BCUT2D eigenvalue weighted by Gasteiger charge is 2.59. The van der Waals surface area contributed by atoms with Crippen molar-refractivity contribution >= 4 is 6.03 Å². The molecule has 19 heavy (non-hydrogen) atoms. The van der Waals surface area contributed by atoms with Gasteiger partial charge in [-0.15, -0.1) is 0 Å². The quantitative estimate of drug-likeness (QED) is 0.708. The van der Waals surface area contributed by atoms with Crippen LogP contribution in [0.25, 0.3) is 0 Å². The number of ether oxygens (including phenoxy) is 1. The lowest BCUT2D eigenvalue weighted by molar-refractivity contribution is -0.108. The molecule has 0 aromatic rings. The minimum Gasteiger partial charge on any atom is -0.396 e. The highest BCUT2D eigenvalue weighted by Crippen LogP contribution is 2.52. The molecule has 108 valence electrons. The first-order valence-electron chi connectivity index (χ1n) is 7.25. The molecule has 0 bridgehead atoms. The van der Waals surface area contributed by atoms with Gasteiger partial charge in [0, 0.05) is 35.9 Å². The smallest absolute Gasteiger partial charge is 0.315 e. The molecule has 3 N–H and O–H groups in total. The summed E-state index contributed by atoms with van der Waals surface area (Å²) in [6.45, 7) is 5.86. The molecule has 2 aliphatic carbocycles. The summed E-state index contributed by atoms with van der Waals surface area (Å²) in [6.07, 6.45) is 3.36. The third kappa shape index (κ3) is 2.13. The van der Waals surface area contributed by atoms with Gasteiger partial charge in [-0.25, -0.2) is 4.79 Å². The van der Waals surface area contributed by atoms with Crippen LogP contribution in [-0.2, 0) is 4.74 Å². The van der Waals surface area contributed by atoms with Crippen LogP contribution in [0.3, 0.4) is 0 Å². The maximum atomic E-state index is 12.0. The van der Waals surface area contributed by atoms with Gasteiger partial charge in [0.25, 0.3) is 0 Å². The SMILES string of the molecule is CC1(C)C(NC(=O)NCC2(CO)CC2)C2CCOC21. The fraction of sp³-hybridized carbons (Fsp3) is 0.929. The first-order chi connectivity index (χ1) is 8.98. The molecular weight excluding hydrogens is 244 g/mol. The zero-order valence-electron chi connectivity index (χ0n) is 11.7. The van der Waals surface area contributed by atoms with Gasteiger partial charge < -0.3 is 20.5 Å². The van der Waals surface area contributed by atoms with E-state index in [9.17, 15) is 9.90 Å². The fourth-order valence-corrected chi connectivity index (χ4v) is 3.64. The predicted molar refractivity (Wildman–Crippen MR) is 70.7 cm³/mol. The van der Waals surface area contributed by atoms with E-state index in [4.69, 9.17) is 4.74 Å². The van der Waals surface area contributed by atoms with E-state index >= 15 is 0 Å². The Morgan fingerprint density at radius 2 is 2.16 bits per heavy atom. The molecule has 0 spiro atoms. The topological polar surface area (TPSA) is 70.6 Å². The number of rotatable bonds is 4. The Balaban J connectivity index is 1.50. The molecule has 3 fully saturated rings. The van der Waals surface area contributed by atoms with Crippen LogP contribution in [0.2, 0.25) is 0 Å². The zero-order chi connectivity index (χ0) is 13.7. The van der Waals surface area contributed by atoms with E-state index in [1.165, 1.54) is 0 Å². The summed E-state index contributed by atoms with van der Waals surface area (Å²) in [6, 6.07) is 0.0902. The van der Waals surface area contributed by atoms with Crippen LogP contribution in [0.4, 0.5) is 4.79 Å². The standard InChI is InChI=1S/C14H24N2O3/c1-13(2)10(9-3-6-19-11(9)13)16-12(18)15-7-14(8-17)4-5-14/h9-11,17H,3-8H2,1-2H3,(H2,15,16,18). The third-order valence-electron chi connectivity index (χ3n) is 5.30. The molecular formula is C14H24N2O3. The average molecular weight is 268 g/mol. The number of urea groups is 1. The summed E-state index contributed by atoms with van der Waals surface area (Å²) in [4.78, 5) is 12.0. The first kappa shape index (κ1) is 13.2. The van der Waals surface area contributed by atoms with E-state index in [-0.39, 0.29) is 29.5 Å². The molecule has 3 unspecified atom stereocenters. The molecule has 0 aromatic carbocycles. The van der Waals surface area contributed by atoms with Gasteiger partial charge in [-0.05, 0) is 19.3 Å². The van der Waals surface area contributed by atoms with Gasteiger partial charge >= 0.3 is 6.03 Å². The van der Waals surface area contributed by atoms with Crippen LogP contribution >= 0.6 is 0 Å². The number of hydrogen-bond acceptors (Lipinski definition) is 3. The number of hydrogen-bond donors (Lipinski definition) is 3. The highest BCUT2D eigenvalue weighted by atomic mass is 16.5. The second-order valence-electron chi connectivity index (χ2n) is 7.03. The average Bonchev–Trinajstić information content (AvgIpc) is 3.03. The van der Waals surface area contributed by atoms with E-state index in [2.05, 4.69) is 24.5 Å². The summed E-state index contributed by atoms with van der Waals surface area (Å²) < 4.78 is 5.72. The molecule has 0 aromatic heterocycles. The van der Waals surface area contributed by atoms with Gasteiger partial charge in [0.15, 0.2) is 0 Å². The van der Waals surface area contributed by atoms with Gasteiger partial charge in [-0.3, -0.25) is 0 Å². The summed E-state index contributed by atoms with van der Waals surface area (Å²) in [5, 5.41) is 15.2. The molecule has 5 nitrogen and oxygen atoms in total. The van der Waals surface area contributed by atoms with Crippen LogP contribution in [0.1, 0.15) is 33.1 Å². The van der Waals surface area contributed by atoms with E-state index < -0.39 is 0 Å². The van der Waals surface area contributed by atoms with Crippen molar-refractivity contribution in [3.05, 3.63) is 0 Å². The van der Waals surface area contributed by atoms with Crippen LogP contribution in [0.5, 0.6) is 0 Å². The molecule has 3 rings (SSSR count). The molecule has 2 amide bonds.